The van der Waals surface area contributed by atoms with Gasteiger partial charge in [0.15, 0.2) is 5.78 Å². The summed E-state index contributed by atoms with van der Waals surface area (Å²) in [6.07, 6.45) is 0.243. The van der Waals surface area contributed by atoms with E-state index in [0.717, 1.165) is 10.2 Å². The van der Waals surface area contributed by atoms with Crippen LogP contribution in [0.15, 0.2) is 53.3 Å². The fraction of sp³-hybridized carbons (Fsp3) is 0.222. The molecule has 122 valence electrons. The molecule has 6 heteroatoms. The van der Waals surface area contributed by atoms with Crippen molar-refractivity contribution in [2.45, 2.75) is 25.8 Å². The van der Waals surface area contributed by atoms with Crippen LogP contribution in [0.4, 0.5) is 4.39 Å². The number of hydrogen-bond acceptors (Lipinski definition) is 4. The minimum atomic E-state index is -0.330. The van der Waals surface area contributed by atoms with Gasteiger partial charge in [0, 0.05) is 6.42 Å². The highest BCUT2D eigenvalue weighted by Gasteiger charge is 2.14. The zero-order valence-electron chi connectivity index (χ0n) is 13.1. The second-order valence-corrected chi connectivity index (χ2v) is 5.76. The Bertz CT molecular complexity index is 935. The number of rotatable bonds is 5. The van der Waals surface area contributed by atoms with Gasteiger partial charge in [0.1, 0.15) is 17.9 Å². The number of Topliss-reactive ketones (excluding diaryl/α,β-unsaturated/α-hetero) is 1. The van der Waals surface area contributed by atoms with Crippen molar-refractivity contribution in [2.75, 3.05) is 0 Å². The predicted molar refractivity (Wildman–Crippen MR) is 88.2 cm³/mol. The van der Waals surface area contributed by atoms with Gasteiger partial charge in [-0.05, 0) is 35.7 Å². The van der Waals surface area contributed by atoms with Crippen LogP contribution in [0.2, 0.25) is 0 Å². The van der Waals surface area contributed by atoms with Crippen molar-refractivity contribution in [3.63, 3.8) is 0 Å². The molecule has 0 N–H and O–H groups in total. The zero-order chi connectivity index (χ0) is 17.1. The van der Waals surface area contributed by atoms with Gasteiger partial charge >= 0.3 is 0 Å². The number of carbonyl (C=O) groups is 1. The van der Waals surface area contributed by atoms with Crippen LogP contribution in [0, 0.1) is 5.82 Å². The van der Waals surface area contributed by atoms with Crippen molar-refractivity contribution < 1.29 is 9.18 Å². The quantitative estimate of drug-likeness (QED) is 0.723. The third-order valence-electron chi connectivity index (χ3n) is 3.93. The van der Waals surface area contributed by atoms with Crippen molar-refractivity contribution in [2.24, 2.45) is 0 Å². The number of hydrogen-bond donors (Lipinski definition) is 0. The number of nitrogens with zero attached hydrogens (tertiary/aromatic N) is 3. The lowest BCUT2D eigenvalue weighted by Crippen LogP contribution is -2.28. The van der Waals surface area contributed by atoms with E-state index in [1.165, 1.54) is 12.1 Å². The smallest absolute Gasteiger partial charge is 0.278 e. The average Bonchev–Trinajstić information content (AvgIpc) is 2.58. The van der Waals surface area contributed by atoms with E-state index >= 15 is 0 Å². The first-order chi connectivity index (χ1) is 11.5. The van der Waals surface area contributed by atoms with E-state index in [4.69, 9.17) is 0 Å². The fourth-order valence-corrected chi connectivity index (χ4v) is 2.61. The maximum Gasteiger partial charge on any atom is 0.278 e. The molecule has 1 aromatic heterocycles. The van der Waals surface area contributed by atoms with Gasteiger partial charge in [0.25, 0.3) is 5.56 Å². The molecule has 0 aliphatic rings. The van der Waals surface area contributed by atoms with Gasteiger partial charge in [0.2, 0.25) is 0 Å². The van der Waals surface area contributed by atoms with Crippen LogP contribution in [-0.4, -0.2) is 20.8 Å². The van der Waals surface area contributed by atoms with Gasteiger partial charge in [-0.3, -0.25) is 9.59 Å². The monoisotopic (exact) mass is 325 g/mol. The van der Waals surface area contributed by atoms with Gasteiger partial charge in [-0.15, -0.1) is 5.10 Å². The minimum absolute atomic E-state index is 0.0674. The predicted octanol–water partition coefficient (Wildman–Crippen LogP) is 2.69. The molecule has 5 nitrogen and oxygen atoms in total. The molecule has 0 bridgehead atoms. The third-order valence-corrected chi connectivity index (χ3v) is 3.93. The van der Waals surface area contributed by atoms with E-state index in [-0.39, 0.29) is 36.0 Å². The molecule has 3 rings (SSSR count). The van der Waals surface area contributed by atoms with Crippen molar-refractivity contribution >= 4 is 16.7 Å². The number of ketones is 1. The molecular weight excluding hydrogens is 309 g/mol. The second kappa shape index (κ2) is 6.70. The highest BCUT2D eigenvalue weighted by atomic mass is 19.1. The molecule has 0 fully saturated rings. The van der Waals surface area contributed by atoms with Gasteiger partial charge in [-0.1, -0.05) is 36.4 Å². The van der Waals surface area contributed by atoms with Crippen LogP contribution in [0.3, 0.4) is 0 Å². The van der Waals surface area contributed by atoms with Gasteiger partial charge in [0.05, 0.1) is 5.39 Å². The summed E-state index contributed by atoms with van der Waals surface area (Å²) in [5.41, 5.74) is 1.05. The van der Waals surface area contributed by atoms with E-state index in [0.29, 0.717) is 10.9 Å². The molecule has 0 saturated carbocycles. The van der Waals surface area contributed by atoms with E-state index < -0.39 is 0 Å². The van der Waals surface area contributed by atoms with E-state index in [1.54, 1.807) is 36.4 Å². The summed E-state index contributed by atoms with van der Waals surface area (Å²) in [6.45, 7) is 1.77. The van der Waals surface area contributed by atoms with Crippen LogP contribution in [-0.2, 0) is 11.3 Å². The fourth-order valence-electron chi connectivity index (χ4n) is 2.61. The molecule has 3 aromatic rings. The molecule has 0 aliphatic carbocycles. The molecule has 0 unspecified atom stereocenters. The zero-order valence-corrected chi connectivity index (χ0v) is 13.1. The molecule has 2 aromatic carbocycles. The summed E-state index contributed by atoms with van der Waals surface area (Å²) >= 11 is 0. The van der Waals surface area contributed by atoms with E-state index in [1.807, 2.05) is 6.92 Å². The van der Waals surface area contributed by atoms with Crippen molar-refractivity contribution in [3.8, 4) is 0 Å². The van der Waals surface area contributed by atoms with Crippen molar-refractivity contribution in [3.05, 3.63) is 70.3 Å². The van der Waals surface area contributed by atoms with Crippen LogP contribution in [0.1, 0.15) is 24.8 Å². The Morgan fingerprint density at radius 3 is 2.62 bits per heavy atom. The normalized spacial score (nSPS) is 12.2. The summed E-state index contributed by atoms with van der Waals surface area (Å²) in [4.78, 5) is 24.6. The number of carbonyl (C=O) groups excluding carboxylic acids is 1. The highest BCUT2D eigenvalue weighted by Crippen LogP contribution is 2.19. The molecule has 1 atom stereocenters. The molecule has 0 radical (unpaired) electrons. The second-order valence-electron chi connectivity index (χ2n) is 5.76. The largest absolute Gasteiger partial charge is 0.298 e. The lowest BCUT2D eigenvalue weighted by Gasteiger charge is -2.11. The van der Waals surface area contributed by atoms with Crippen LogP contribution in [0.25, 0.3) is 10.9 Å². The van der Waals surface area contributed by atoms with E-state index in [9.17, 15) is 14.0 Å². The van der Waals surface area contributed by atoms with Crippen LogP contribution < -0.4 is 5.56 Å². The number of fused-ring (bicyclic) bond motifs is 1. The number of halogens is 1. The van der Waals surface area contributed by atoms with Crippen molar-refractivity contribution in [1.29, 1.82) is 0 Å². The third kappa shape index (κ3) is 3.37. The Morgan fingerprint density at radius 1 is 1.17 bits per heavy atom. The molecule has 24 heavy (non-hydrogen) atoms. The Kier molecular flexibility index (Phi) is 4.46. The van der Waals surface area contributed by atoms with Gasteiger partial charge in [-0.2, -0.15) is 0 Å². The summed E-state index contributed by atoms with van der Waals surface area (Å²) in [5.74, 6) is -0.504. The molecule has 0 amide bonds. The topological polar surface area (TPSA) is 64.8 Å². The SMILES string of the molecule is C[C@H](CC(=O)Cn1nnc2ccccc2c1=O)c1ccc(F)cc1. The van der Waals surface area contributed by atoms with E-state index in [2.05, 4.69) is 10.3 Å². The lowest BCUT2D eigenvalue weighted by atomic mass is 9.96. The standard InChI is InChI=1S/C18H16FN3O2/c1-12(13-6-8-14(19)9-7-13)10-15(23)11-22-18(24)16-4-2-3-5-17(16)20-21-22/h2-9,12H,10-11H2,1H3/t12-/m1/s1. The molecular formula is C18H16FN3O2. The maximum atomic E-state index is 13.0. The van der Waals surface area contributed by atoms with Gasteiger partial charge < -0.3 is 0 Å². The Hall–Kier alpha value is -2.89. The van der Waals surface area contributed by atoms with Crippen LogP contribution in [0.5, 0.6) is 0 Å². The summed E-state index contributed by atoms with van der Waals surface area (Å²) in [5, 5.41) is 8.22. The average molecular weight is 325 g/mol. The molecule has 0 aliphatic heterocycles. The first-order valence-electron chi connectivity index (χ1n) is 7.64. The molecule has 0 saturated heterocycles. The Balaban J connectivity index is 1.74. The number of benzene rings is 2. The summed E-state index contributed by atoms with van der Waals surface area (Å²) in [7, 11) is 0. The Morgan fingerprint density at radius 2 is 1.88 bits per heavy atom. The maximum absolute atomic E-state index is 13.0. The summed E-state index contributed by atoms with van der Waals surface area (Å²) < 4.78 is 14.0. The Labute approximate surface area is 137 Å². The lowest BCUT2D eigenvalue weighted by molar-refractivity contribution is -0.120. The van der Waals surface area contributed by atoms with Gasteiger partial charge in [-0.25, -0.2) is 9.07 Å². The highest BCUT2D eigenvalue weighted by molar-refractivity contribution is 5.80. The molecule has 1 heterocycles. The summed E-state index contributed by atoms with van der Waals surface area (Å²) in [6, 6.07) is 12.9. The van der Waals surface area contributed by atoms with Crippen molar-refractivity contribution in [1.82, 2.24) is 15.0 Å². The van der Waals surface area contributed by atoms with Crippen LogP contribution >= 0.6 is 0 Å². The number of aromatic nitrogens is 3. The minimum Gasteiger partial charge on any atom is -0.298 e. The molecule has 0 spiro atoms. The first-order valence-corrected chi connectivity index (χ1v) is 7.64. The first kappa shape index (κ1) is 16.0.